The van der Waals surface area contributed by atoms with E-state index in [1.54, 1.807) is 121 Å². The molecule has 10 nitrogen and oxygen atoms in total. The second-order valence-corrected chi connectivity index (χ2v) is 10.1. The molecule has 1 heterocycles. The highest BCUT2D eigenvalue weighted by atomic mass is 16.7. The van der Waals surface area contributed by atoms with Gasteiger partial charge in [-0.05, 0) is 48.5 Å². The average Bonchev–Trinajstić information content (AvgIpc) is 3.39. The zero-order valence-corrected chi connectivity index (χ0v) is 24.3. The highest BCUT2D eigenvalue weighted by Crippen LogP contribution is 2.38. The molecule has 230 valence electrons. The molecule has 0 aromatic heterocycles. The van der Waals surface area contributed by atoms with Crippen molar-refractivity contribution in [1.82, 2.24) is 0 Å². The Balaban J connectivity index is 1.51. The summed E-state index contributed by atoms with van der Waals surface area (Å²) in [6, 6.07) is 32.8. The number of methoxy groups -OCH3 is 1. The lowest BCUT2D eigenvalue weighted by Crippen LogP contribution is -2.54. The quantitative estimate of drug-likeness (QED) is 0.171. The van der Waals surface area contributed by atoms with E-state index < -0.39 is 61.2 Å². The van der Waals surface area contributed by atoms with Gasteiger partial charge in [-0.25, -0.2) is 19.2 Å². The predicted octanol–water partition coefficient (Wildman–Crippen LogP) is 4.89. The molecule has 0 spiro atoms. The first kappa shape index (κ1) is 31.1. The van der Waals surface area contributed by atoms with Gasteiger partial charge in [0.25, 0.3) is 0 Å². The van der Waals surface area contributed by atoms with Crippen molar-refractivity contribution in [3.05, 3.63) is 144 Å². The van der Waals surface area contributed by atoms with E-state index in [2.05, 4.69) is 0 Å². The summed E-state index contributed by atoms with van der Waals surface area (Å²) in [5, 5.41) is 0. The SMILES string of the molecule is COC1OC(COC(=O)c2ccccc2)(COC(=O)c2ccccc2)[C@@H](OC(=O)c2ccccc2)[C@H]1OC(=O)c1ccccc1. The molecule has 1 unspecified atom stereocenters. The molecule has 45 heavy (non-hydrogen) atoms. The van der Waals surface area contributed by atoms with Crippen LogP contribution in [0.5, 0.6) is 0 Å². The van der Waals surface area contributed by atoms with Crippen LogP contribution in [-0.2, 0) is 28.4 Å². The molecule has 10 heteroatoms. The third-order valence-electron chi connectivity index (χ3n) is 7.08. The van der Waals surface area contributed by atoms with Crippen LogP contribution < -0.4 is 0 Å². The lowest BCUT2D eigenvalue weighted by molar-refractivity contribution is -0.199. The molecule has 5 rings (SSSR count). The Morgan fingerprint density at radius 2 is 0.911 bits per heavy atom. The van der Waals surface area contributed by atoms with Gasteiger partial charge < -0.3 is 28.4 Å². The third kappa shape index (κ3) is 7.43. The first-order valence-electron chi connectivity index (χ1n) is 14.1. The highest BCUT2D eigenvalue weighted by Gasteiger charge is 2.61. The molecule has 1 aliphatic rings. The third-order valence-corrected chi connectivity index (χ3v) is 7.08. The fourth-order valence-corrected chi connectivity index (χ4v) is 4.77. The van der Waals surface area contributed by atoms with Crippen molar-refractivity contribution in [3.8, 4) is 0 Å². The topological polar surface area (TPSA) is 124 Å². The molecule has 1 fully saturated rings. The lowest BCUT2D eigenvalue weighted by atomic mass is 9.96. The molecular weight excluding hydrogens is 580 g/mol. The first-order chi connectivity index (χ1) is 21.9. The van der Waals surface area contributed by atoms with Gasteiger partial charge in [0, 0.05) is 7.11 Å². The van der Waals surface area contributed by atoms with Crippen LogP contribution >= 0.6 is 0 Å². The van der Waals surface area contributed by atoms with E-state index >= 15 is 0 Å². The number of carbonyl (C=O) groups excluding carboxylic acids is 4. The Labute approximate surface area is 259 Å². The first-order valence-corrected chi connectivity index (χ1v) is 14.1. The maximum atomic E-state index is 13.4. The van der Waals surface area contributed by atoms with Crippen LogP contribution in [0.25, 0.3) is 0 Å². The van der Waals surface area contributed by atoms with Gasteiger partial charge in [0.1, 0.15) is 13.2 Å². The Morgan fingerprint density at radius 3 is 1.29 bits per heavy atom. The second-order valence-electron chi connectivity index (χ2n) is 10.1. The number of benzene rings is 4. The molecule has 4 aromatic carbocycles. The molecule has 0 aliphatic carbocycles. The average molecular weight is 611 g/mol. The van der Waals surface area contributed by atoms with Gasteiger partial charge >= 0.3 is 23.9 Å². The van der Waals surface area contributed by atoms with Crippen LogP contribution in [0.15, 0.2) is 121 Å². The maximum absolute atomic E-state index is 13.4. The lowest BCUT2D eigenvalue weighted by Gasteiger charge is -2.33. The minimum absolute atomic E-state index is 0.197. The molecule has 0 amide bonds. The minimum atomic E-state index is -1.86. The van der Waals surface area contributed by atoms with E-state index in [1.807, 2.05) is 0 Å². The fourth-order valence-electron chi connectivity index (χ4n) is 4.77. The number of carbonyl (C=O) groups is 4. The van der Waals surface area contributed by atoms with Gasteiger partial charge in [-0.15, -0.1) is 0 Å². The number of rotatable bonds is 11. The summed E-state index contributed by atoms with van der Waals surface area (Å²) < 4.78 is 34.9. The summed E-state index contributed by atoms with van der Waals surface area (Å²) in [6.45, 7) is -1.12. The van der Waals surface area contributed by atoms with Crippen molar-refractivity contribution < 1.29 is 47.6 Å². The van der Waals surface area contributed by atoms with Gasteiger partial charge in [0.05, 0.1) is 22.3 Å². The van der Waals surface area contributed by atoms with Crippen molar-refractivity contribution in [1.29, 1.82) is 0 Å². The van der Waals surface area contributed by atoms with E-state index in [0.717, 1.165) is 0 Å². The van der Waals surface area contributed by atoms with E-state index in [9.17, 15) is 19.2 Å². The van der Waals surface area contributed by atoms with Crippen LogP contribution in [0.3, 0.4) is 0 Å². The van der Waals surface area contributed by atoms with Crippen molar-refractivity contribution >= 4 is 23.9 Å². The van der Waals surface area contributed by atoms with E-state index in [0.29, 0.717) is 0 Å². The van der Waals surface area contributed by atoms with E-state index in [1.165, 1.54) is 7.11 Å². The molecule has 4 aromatic rings. The minimum Gasteiger partial charge on any atom is -0.459 e. The van der Waals surface area contributed by atoms with Crippen LogP contribution in [0.1, 0.15) is 41.4 Å². The van der Waals surface area contributed by atoms with Crippen LogP contribution in [-0.4, -0.2) is 68.3 Å². The van der Waals surface area contributed by atoms with Gasteiger partial charge in [-0.1, -0.05) is 72.8 Å². The normalized spacial score (nSPS) is 18.4. The second kappa shape index (κ2) is 14.4. The van der Waals surface area contributed by atoms with Crippen LogP contribution in [0.2, 0.25) is 0 Å². The van der Waals surface area contributed by atoms with Gasteiger partial charge in [-0.2, -0.15) is 0 Å². The Kier molecular flexibility index (Phi) is 9.98. The highest BCUT2D eigenvalue weighted by molar-refractivity contribution is 5.91. The van der Waals surface area contributed by atoms with Crippen LogP contribution in [0.4, 0.5) is 0 Å². The van der Waals surface area contributed by atoms with Gasteiger partial charge in [0.2, 0.25) is 0 Å². The molecule has 1 saturated heterocycles. The number of hydrogen-bond acceptors (Lipinski definition) is 10. The number of esters is 4. The van der Waals surface area contributed by atoms with Crippen molar-refractivity contribution in [2.75, 3.05) is 20.3 Å². The summed E-state index contributed by atoms with van der Waals surface area (Å²) in [6.07, 6.45) is -4.13. The summed E-state index contributed by atoms with van der Waals surface area (Å²) in [7, 11) is 1.31. The standard InChI is InChI=1S/C35H30O10/c1-40-34-28(43-32(38)26-18-10-4-11-19-26)29(44-33(39)27-20-12-5-13-21-27)35(45-34,22-41-30(36)24-14-6-2-7-15-24)23-42-31(37)25-16-8-3-9-17-25/h2-21,28-29,34H,22-23H2,1H3/t28-,29+,34?/m1/s1. The molecule has 3 atom stereocenters. The Hall–Kier alpha value is -5.32. The Morgan fingerprint density at radius 1 is 0.556 bits per heavy atom. The fraction of sp³-hybridized carbons (Fsp3) is 0.200. The van der Waals surface area contributed by atoms with Crippen LogP contribution in [0, 0.1) is 0 Å². The van der Waals surface area contributed by atoms with Crippen molar-refractivity contribution in [3.63, 3.8) is 0 Å². The zero-order chi connectivity index (χ0) is 31.6. The summed E-state index contributed by atoms with van der Waals surface area (Å²) in [5.41, 5.74) is -0.936. The molecule has 0 saturated carbocycles. The van der Waals surface area contributed by atoms with Gasteiger partial charge in [0.15, 0.2) is 24.1 Å². The van der Waals surface area contributed by atoms with Gasteiger partial charge in [-0.3, -0.25) is 0 Å². The summed E-state index contributed by atoms with van der Waals surface area (Å²) in [4.78, 5) is 52.7. The zero-order valence-electron chi connectivity index (χ0n) is 24.3. The Bertz CT molecular complexity index is 1540. The number of ether oxygens (including phenoxy) is 6. The monoisotopic (exact) mass is 610 g/mol. The molecular formula is C35H30O10. The largest absolute Gasteiger partial charge is 0.459 e. The molecule has 0 N–H and O–H groups in total. The number of hydrogen-bond donors (Lipinski definition) is 0. The van der Waals surface area contributed by atoms with E-state index in [-0.39, 0.29) is 22.3 Å². The molecule has 1 aliphatic heterocycles. The van der Waals surface area contributed by atoms with Crippen molar-refractivity contribution in [2.45, 2.75) is 24.1 Å². The summed E-state index contributed by atoms with van der Waals surface area (Å²) in [5.74, 6) is -2.94. The van der Waals surface area contributed by atoms with Crippen molar-refractivity contribution in [2.24, 2.45) is 0 Å². The molecule has 0 bridgehead atoms. The molecule has 0 radical (unpaired) electrons. The summed E-state index contributed by atoms with van der Waals surface area (Å²) >= 11 is 0. The van der Waals surface area contributed by atoms with E-state index in [4.69, 9.17) is 28.4 Å². The predicted molar refractivity (Wildman–Crippen MR) is 159 cm³/mol. The maximum Gasteiger partial charge on any atom is 0.338 e. The smallest absolute Gasteiger partial charge is 0.338 e.